The van der Waals surface area contributed by atoms with Crippen molar-refractivity contribution in [1.82, 2.24) is 19.6 Å². The van der Waals surface area contributed by atoms with Gasteiger partial charge in [-0.05, 0) is 50.4 Å². The van der Waals surface area contributed by atoms with Crippen molar-refractivity contribution in [1.29, 1.82) is 0 Å². The Kier molecular flexibility index (Phi) is 5.67. The zero-order valence-electron chi connectivity index (χ0n) is 17.8. The lowest BCUT2D eigenvalue weighted by Crippen LogP contribution is -2.67. The molecule has 4 fully saturated rings. The monoisotopic (exact) mass is 362 g/mol. The Hall–Kier alpha value is -0.160. The fourth-order valence-corrected chi connectivity index (χ4v) is 5.70. The molecular formula is C22H42N4. The highest BCUT2D eigenvalue weighted by atomic mass is 15.4. The Bertz CT molecular complexity index is 453. The lowest BCUT2D eigenvalue weighted by Gasteiger charge is -2.53. The summed E-state index contributed by atoms with van der Waals surface area (Å²) in [7, 11) is 0. The molecule has 1 aliphatic carbocycles. The van der Waals surface area contributed by atoms with E-state index in [1.165, 1.54) is 84.7 Å². The molecule has 26 heavy (non-hydrogen) atoms. The molecule has 3 saturated heterocycles. The van der Waals surface area contributed by atoms with E-state index >= 15 is 0 Å². The summed E-state index contributed by atoms with van der Waals surface area (Å²) in [5, 5.41) is 0. The van der Waals surface area contributed by atoms with Gasteiger partial charge in [0.1, 0.15) is 0 Å². The maximum Gasteiger partial charge on any atom is 0.0350 e. The number of piperazine rings is 1. The van der Waals surface area contributed by atoms with Gasteiger partial charge in [-0.1, -0.05) is 13.8 Å². The number of rotatable bonds is 8. The van der Waals surface area contributed by atoms with Gasteiger partial charge in [0.2, 0.25) is 0 Å². The van der Waals surface area contributed by atoms with Gasteiger partial charge in [-0.25, -0.2) is 0 Å². The first-order valence-electron chi connectivity index (χ1n) is 11.4. The lowest BCUT2D eigenvalue weighted by molar-refractivity contribution is -0.0487. The molecule has 0 aromatic carbocycles. The largest absolute Gasteiger partial charge is 0.300 e. The van der Waals surface area contributed by atoms with E-state index in [0.29, 0.717) is 6.04 Å². The van der Waals surface area contributed by atoms with E-state index in [4.69, 9.17) is 0 Å². The first-order valence-corrected chi connectivity index (χ1v) is 11.4. The van der Waals surface area contributed by atoms with Gasteiger partial charge < -0.3 is 4.90 Å². The molecule has 3 aliphatic heterocycles. The summed E-state index contributed by atoms with van der Waals surface area (Å²) in [5.41, 5.74) is 0.717. The predicted molar refractivity (Wildman–Crippen MR) is 110 cm³/mol. The van der Waals surface area contributed by atoms with Crippen LogP contribution in [0.3, 0.4) is 0 Å². The van der Waals surface area contributed by atoms with Gasteiger partial charge in [0.25, 0.3) is 0 Å². The van der Waals surface area contributed by atoms with E-state index in [1.54, 1.807) is 0 Å². The van der Waals surface area contributed by atoms with E-state index in [2.05, 4.69) is 47.3 Å². The van der Waals surface area contributed by atoms with Crippen molar-refractivity contribution in [2.75, 3.05) is 65.4 Å². The molecule has 4 heteroatoms. The highest BCUT2D eigenvalue weighted by Crippen LogP contribution is 2.51. The van der Waals surface area contributed by atoms with Crippen LogP contribution in [0.25, 0.3) is 0 Å². The normalized spacial score (nSPS) is 29.3. The van der Waals surface area contributed by atoms with Crippen LogP contribution in [0, 0.1) is 17.3 Å². The molecule has 0 aromatic rings. The second-order valence-corrected chi connectivity index (χ2v) is 10.7. The summed E-state index contributed by atoms with van der Waals surface area (Å²) in [6, 6.07) is 1.59. The van der Waals surface area contributed by atoms with E-state index in [1.807, 2.05) is 0 Å². The molecule has 0 radical (unpaired) electrons. The highest BCUT2D eigenvalue weighted by Gasteiger charge is 2.47. The maximum absolute atomic E-state index is 2.77. The molecule has 0 amide bonds. The van der Waals surface area contributed by atoms with Crippen molar-refractivity contribution in [3.63, 3.8) is 0 Å². The lowest BCUT2D eigenvalue weighted by atomic mass is 9.90. The molecule has 4 nitrogen and oxygen atoms in total. The Morgan fingerprint density at radius 1 is 0.846 bits per heavy atom. The molecule has 0 atom stereocenters. The number of hydrogen-bond donors (Lipinski definition) is 0. The summed E-state index contributed by atoms with van der Waals surface area (Å²) in [6.45, 7) is 22.7. The molecule has 4 rings (SSSR count). The van der Waals surface area contributed by atoms with Crippen molar-refractivity contribution in [3.05, 3.63) is 0 Å². The molecule has 3 heterocycles. The van der Waals surface area contributed by atoms with Gasteiger partial charge in [-0.2, -0.15) is 0 Å². The van der Waals surface area contributed by atoms with Crippen molar-refractivity contribution in [3.8, 4) is 0 Å². The third-order valence-electron chi connectivity index (χ3n) is 7.45. The van der Waals surface area contributed by atoms with E-state index in [-0.39, 0.29) is 0 Å². The van der Waals surface area contributed by atoms with Crippen LogP contribution in [0.15, 0.2) is 0 Å². The van der Waals surface area contributed by atoms with Crippen molar-refractivity contribution >= 4 is 0 Å². The Balaban J connectivity index is 1.09. The fraction of sp³-hybridized carbons (Fsp3) is 1.00. The summed E-state index contributed by atoms with van der Waals surface area (Å²) >= 11 is 0. The third-order valence-corrected chi connectivity index (χ3v) is 7.45. The molecule has 0 N–H and O–H groups in total. The van der Waals surface area contributed by atoms with E-state index in [9.17, 15) is 0 Å². The van der Waals surface area contributed by atoms with Crippen molar-refractivity contribution in [2.45, 2.75) is 59.0 Å². The predicted octanol–water partition coefficient (Wildman–Crippen LogP) is 2.45. The van der Waals surface area contributed by atoms with Crippen LogP contribution in [-0.4, -0.2) is 97.1 Å². The number of nitrogens with zero attached hydrogens (tertiary/aromatic N) is 4. The molecule has 0 bridgehead atoms. The Morgan fingerprint density at radius 2 is 1.50 bits per heavy atom. The van der Waals surface area contributed by atoms with Crippen LogP contribution in [0.1, 0.15) is 47.0 Å². The third kappa shape index (κ3) is 4.45. The Morgan fingerprint density at radius 3 is 2.04 bits per heavy atom. The molecule has 0 aromatic heterocycles. The van der Waals surface area contributed by atoms with Crippen LogP contribution in [0.4, 0.5) is 0 Å². The average molecular weight is 363 g/mol. The maximum atomic E-state index is 2.77. The van der Waals surface area contributed by atoms with Gasteiger partial charge in [-0.3, -0.25) is 14.7 Å². The quantitative estimate of drug-likeness (QED) is 0.657. The molecule has 4 aliphatic rings. The van der Waals surface area contributed by atoms with Crippen molar-refractivity contribution in [2.24, 2.45) is 17.3 Å². The molecule has 1 saturated carbocycles. The van der Waals surface area contributed by atoms with Gasteiger partial charge in [-0.15, -0.1) is 0 Å². The number of hydrogen-bond acceptors (Lipinski definition) is 4. The second-order valence-electron chi connectivity index (χ2n) is 10.7. The number of likely N-dealkylation sites (tertiary alicyclic amines) is 2. The summed E-state index contributed by atoms with van der Waals surface area (Å²) in [6.07, 6.45) is 4.43. The first-order chi connectivity index (χ1) is 12.4. The molecule has 0 spiro atoms. The molecular weight excluding hydrogens is 320 g/mol. The van der Waals surface area contributed by atoms with Crippen LogP contribution < -0.4 is 0 Å². The average Bonchev–Trinajstić information content (AvgIpc) is 3.26. The highest BCUT2D eigenvalue weighted by molar-refractivity contribution is 5.01. The van der Waals surface area contributed by atoms with Gasteiger partial charge in [0.05, 0.1) is 0 Å². The van der Waals surface area contributed by atoms with Gasteiger partial charge >= 0.3 is 0 Å². The fourth-order valence-electron chi connectivity index (χ4n) is 5.70. The molecule has 150 valence electrons. The minimum absolute atomic E-state index is 0.716. The van der Waals surface area contributed by atoms with Crippen LogP contribution in [0.2, 0.25) is 0 Å². The summed E-state index contributed by atoms with van der Waals surface area (Å²) in [5.74, 6) is 1.80. The van der Waals surface area contributed by atoms with E-state index in [0.717, 1.165) is 23.3 Å². The molecule has 0 unspecified atom stereocenters. The van der Waals surface area contributed by atoms with Crippen LogP contribution >= 0.6 is 0 Å². The topological polar surface area (TPSA) is 13.0 Å². The van der Waals surface area contributed by atoms with Crippen molar-refractivity contribution < 1.29 is 0 Å². The van der Waals surface area contributed by atoms with Gasteiger partial charge in [0, 0.05) is 77.5 Å². The minimum Gasteiger partial charge on any atom is -0.300 e. The zero-order chi connectivity index (χ0) is 18.3. The van der Waals surface area contributed by atoms with Crippen LogP contribution in [0.5, 0.6) is 0 Å². The van der Waals surface area contributed by atoms with Gasteiger partial charge in [0.15, 0.2) is 0 Å². The summed E-state index contributed by atoms with van der Waals surface area (Å²) < 4.78 is 0. The van der Waals surface area contributed by atoms with Crippen LogP contribution in [-0.2, 0) is 0 Å². The smallest absolute Gasteiger partial charge is 0.0350 e. The zero-order valence-corrected chi connectivity index (χ0v) is 17.8. The first kappa shape index (κ1) is 19.2. The van der Waals surface area contributed by atoms with E-state index < -0.39 is 0 Å². The Labute approximate surface area is 161 Å². The minimum atomic E-state index is 0.716. The second kappa shape index (κ2) is 7.69. The standard InChI is InChI=1S/C22H42N4/c1-18(2)11-22(5-6-22)17-24-15-21(16-24)26-13-20(14-26)12-23-7-9-25(10-8-23)19(3)4/h18-21H,5-17H2,1-4H3. The summed E-state index contributed by atoms with van der Waals surface area (Å²) in [4.78, 5) is 10.9. The SMILES string of the molecule is CC(C)CC1(CN2CC(N3CC(CN4CCN(C(C)C)CC4)C3)C2)CC1.